The lowest BCUT2D eigenvalue weighted by atomic mass is 10.0. The van der Waals surface area contributed by atoms with E-state index in [1.54, 1.807) is 12.1 Å². The summed E-state index contributed by atoms with van der Waals surface area (Å²) in [5, 5.41) is 0. The van der Waals surface area contributed by atoms with Gasteiger partial charge in [-0.05, 0) is 51.1 Å². The maximum Gasteiger partial charge on any atom is 0.244 e. The van der Waals surface area contributed by atoms with E-state index in [-0.39, 0.29) is 17.8 Å². The number of hydrogen-bond acceptors (Lipinski definition) is 2. The fourth-order valence-corrected chi connectivity index (χ4v) is 3.39. The summed E-state index contributed by atoms with van der Waals surface area (Å²) in [4.78, 5) is 17.1. The van der Waals surface area contributed by atoms with E-state index in [2.05, 4.69) is 11.8 Å². The molecule has 1 amide bonds. The summed E-state index contributed by atoms with van der Waals surface area (Å²) in [7, 11) is 3.81. The van der Waals surface area contributed by atoms with Crippen molar-refractivity contribution in [3.8, 4) is 0 Å². The zero-order chi connectivity index (χ0) is 16.1. The molecule has 1 aliphatic carbocycles. The highest BCUT2D eigenvalue weighted by molar-refractivity contribution is 5.83. The van der Waals surface area contributed by atoms with E-state index in [1.165, 1.54) is 25.0 Å². The molecule has 0 bridgehead atoms. The van der Waals surface area contributed by atoms with Crippen molar-refractivity contribution in [1.82, 2.24) is 9.80 Å². The molecule has 1 aromatic carbocycles. The smallest absolute Gasteiger partial charge is 0.244 e. The third kappa shape index (κ3) is 3.86. The summed E-state index contributed by atoms with van der Waals surface area (Å²) in [6.07, 6.45) is 5.60. The molecule has 1 aliphatic rings. The molecule has 0 radical (unpaired) electrons. The van der Waals surface area contributed by atoms with Crippen molar-refractivity contribution in [2.45, 2.75) is 51.1 Å². The first-order valence-corrected chi connectivity index (χ1v) is 8.27. The third-order valence-corrected chi connectivity index (χ3v) is 4.45. The van der Waals surface area contributed by atoms with Crippen molar-refractivity contribution < 1.29 is 9.18 Å². The molecule has 0 aromatic heterocycles. The second kappa shape index (κ2) is 7.73. The van der Waals surface area contributed by atoms with Gasteiger partial charge >= 0.3 is 0 Å². The van der Waals surface area contributed by atoms with E-state index in [4.69, 9.17) is 0 Å². The van der Waals surface area contributed by atoms with Crippen LogP contribution < -0.4 is 0 Å². The number of carbonyl (C=O) groups is 1. The highest BCUT2D eigenvalue weighted by Gasteiger charge is 2.32. The average molecular weight is 306 g/mol. The predicted octanol–water partition coefficient (Wildman–Crippen LogP) is 3.61. The highest BCUT2D eigenvalue weighted by atomic mass is 19.1. The molecule has 1 fully saturated rings. The minimum atomic E-state index is -0.340. The van der Waals surface area contributed by atoms with E-state index >= 15 is 0 Å². The Morgan fingerprint density at radius 2 is 1.82 bits per heavy atom. The number of amides is 1. The van der Waals surface area contributed by atoms with Crippen molar-refractivity contribution in [3.63, 3.8) is 0 Å². The fourth-order valence-electron chi connectivity index (χ4n) is 3.39. The van der Waals surface area contributed by atoms with Crippen molar-refractivity contribution >= 4 is 5.91 Å². The van der Waals surface area contributed by atoms with Crippen molar-refractivity contribution in [2.24, 2.45) is 0 Å². The van der Waals surface area contributed by atoms with Gasteiger partial charge in [0, 0.05) is 12.6 Å². The van der Waals surface area contributed by atoms with E-state index in [0.29, 0.717) is 6.04 Å². The van der Waals surface area contributed by atoms with E-state index < -0.39 is 0 Å². The van der Waals surface area contributed by atoms with Gasteiger partial charge in [-0.2, -0.15) is 0 Å². The minimum absolute atomic E-state index is 0.144. The molecule has 1 unspecified atom stereocenters. The Kier molecular flexibility index (Phi) is 5.95. The van der Waals surface area contributed by atoms with Crippen molar-refractivity contribution in [3.05, 3.63) is 35.6 Å². The zero-order valence-electron chi connectivity index (χ0n) is 13.9. The van der Waals surface area contributed by atoms with Crippen LogP contribution in [0.4, 0.5) is 4.39 Å². The SMILES string of the molecule is CCCN(C(=O)C(c1ccc(F)cc1)N(C)C)C1CCCC1. The normalized spacial score (nSPS) is 17.0. The van der Waals surface area contributed by atoms with Crippen LogP contribution in [0.25, 0.3) is 0 Å². The maximum absolute atomic E-state index is 13.2. The average Bonchev–Trinajstić information content (AvgIpc) is 3.00. The Morgan fingerprint density at radius 1 is 1.23 bits per heavy atom. The molecule has 0 heterocycles. The molecule has 1 saturated carbocycles. The molecule has 122 valence electrons. The van der Waals surface area contributed by atoms with Gasteiger partial charge in [0.15, 0.2) is 0 Å². The quantitative estimate of drug-likeness (QED) is 0.801. The Labute approximate surface area is 133 Å². The number of likely N-dealkylation sites (N-methyl/N-ethyl adjacent to an activating group) is 1. The van der Waals surface area contributed by atoms with Gasteiger partial charge in [0.05, 0.1) is 0 Å². The second-order valence-corrected chi connectivity index (χ2v) is 6.39. The first kappa shape index (κ1) is 16.9. The van der Waals surface area contributed by atoms with E-state index in [0.717, 1.165) is 31.4 Å². The molecule has 0 N–H and O–H groups in total. The number of nitrogens with zero attached hydrogens (tertiary/aromatic N) is 2. The maximum atomic E-state index is 13.2. The van der Waals surface area contributed by atoms with Crippen molar-refractivity contribution in [1.29, 1.82) is 0 Å². The van der Waals surface area contributed by atoms with Crippen LogP contribution in [0.1, 0.15) is 50.6 Å². The van der Waals surface area contributed by atoms with Gasteiger partial charge in [-0.3, -0.25) is 9.69 Å². The Bertz CT molecular complexity index is 480. The topological polar surface area (TPSA) is 23.6 Å². The van der Waals surface area contributed by atoms with Crippen LogP contribution in [0.3, 0.4) is 0 Å². The standard InChI is InChI=1S/C18H27FN2O/c1-4-13-21(16-7-5-6-8-16)18(22)17(20(2)3)14-9-11-15(19)12-10-14/h9-12,16-17H,4-8,13H2,1-3H3. The summed E-state index contributed by atoms with van der Waals surface area (Å²) in [5.74, 6) is -0.125. The molecule has 0 aliphatic heterocycles. The van der Waals surface area contributed by atoms with Gasteiger partial charge in [-0.25, -0.2) is 4.39 Å². The van der Waals surface area contributed by atoms with Crippen LogP contribution in [0.15, 0.2) is 24.3 Å². The summed E-state index contributed by atoms with van der Waals surface area (Å²) >= 11 is 0. The van der Waals surface area contributed by atoms with Crippen LogP contribution in [-0.4, -0.2) is 42.4 Å². The lowest BCUT2D eigenvalue weighted by molar-refractivity contribution is -0.138. The van der Waals surface area contributed by atoms with Crippen LogP contribution in [0.5, 0.6) is 0 Å². The van der Waals surface area contributed by atoms with Crippen LogP contribution >= 0.6 is 0 Å². The molecule has 0 saturated heterocycles. The molecule has 0 spiro atoms. The van der Waals surface area contributed by atoms with E-state index in [1.807, 2.05) is 19.0 Å². The van der Waals surface area contributed by atoms with Gasteiger partial charge in [0.1, 0.15) is 11.9 Å². The monoisotopic (exact) mass is 306 g/mol. The van der Waals surface area contributed by atoms with Gasteiger partial charge in [-0.1, -0.05) is 31.9 Å². The molecular formula is C18H27FN2O. The number of rotatable bonds is 6. The Morgan fingerprint density at radius 3 is 2.32 bits per heavy atom. The minimum Gasteiger partial charge on any atom is -0.338 e. The van der Waals surface area contributed by atoms with Crippen LogP contribution in [-0.2, 0) is 4.79 Å². The summed E-state index contributed by atoms with van der Waals surface area (Å²) in [5.41, 5.74) is 0.857. The molecule has 3 nitrogen and oxygen atoms in total. The highest BCUT2D eigenvalue weighted by Crippen LogP contribution is 2.28. The lowest BCUT2D eigenvalue weighted by Crippen LogP contribution is -2.45. The van der Waals surface area contributed by atoms with Crippen LogP contribution in [0.2, 0.25) is 0 Å². The van der Waals surface area contributed by atoms with E-state index in [9.17, 15) is 9.18 Å². The van der Waals surface area contributed by atoms with Gasteiger partial charge in [0.2, 0.25) is 5.91 Å². The predicted molar refractivity (Wildman–Crippen MR) is 87.1 cm³/mol. The molecule has 1 aromatic rings. The Balaban J connectivity index is 2.24. The fraction of sp³-hybridized carbons (Fsp3) is 0.611. The third-order valence-electron chi connectivity index (χ3n) is 4.45. The van der Waals surface area contributed by atoms with Gasteiger partial charge in [-0.15, -0.1) is 0 Å². The molecule has 4 heteroatoms. The molecule has 1 atom stereocenters. The summed E-state index contributed by atoms with van der Waals surface area (Å²) < 4.78 is 13.2. The second-order valence-electron chi connectivity index (χ2n) is 6.39. The summed E-state index contributed by atoms with van der Waals surface area (Å²) in [6, 6.07) is 6.33. The number of carbonyl (C=O) groups excluding carboxylic acids is 1. The van der Waals surface area contributed by atoms with Crippen LogP contribution in [0, 0.1) is 5.82 Å². The van der Waals surface area contributed by atoms with Gasteiger partial charge < -0.3 is 4.90 Å². The number of halogens is 1. The first-order valence-electron chi connectivity index (χ1n) is 8.27. The molecule has 2 rings (SSSR count). The molecular weight excluding hydrogens is 279 g/mol. The lowest BCUT2D eigenvalue weighted by Gasteiger charge is -2.34. The van der Waals surface area contributed by atoms with Crippen molar-refractivity contribution in [2.75, 3.05) is 20.6 Å². The van der Waals surface area contributed by atoms with Gasteiger partial charge in [0.25, 0.3) is 0 Å². The zero-order valence-corrected chi connectivity index (χ0v) is 13.9. The largest absolute Gasteiger partial charge is 0.338 e. The Hall–Kier alpha value is -1.42. The summed E-state index contributed by atoms with van der Waals surface area (Å²) in [6.45, 7) is 2.91. The number of benzene rings is 1. The first-order chi connectivity index (χ1) is 10.5. The number of hydrogen-bond donors (Lipinski definition) is 0. The molecule has 22 heavy (non-hydrogen) atoms.